The average molecular weight is 571 g/mol. The lowest BCUT2D eigenvalue weighted by molar-refractivity contribution is -0.163. The topological polar surface area (TPSA) is 52.6 Å². The van der Waals surface area contributed by atoms with Crippen LogP contribution in [0.1, 0.15) is 96.1 Å². The molecular formula is C38H50O4. The summed E-state index contributed by atoms with van der Waals surface area (Å²) in [6.07, 6.45) is 10.4. The van der Waals surface area contributed by atoms with Crippen LogP contribution >= 0.6 is 0 Å². The number of carbonyl (C=O) groups excluding carboxylic acids is 2. The number of esters is 1. The fraction of sp³-hybridized carbons (Fsp3) is 0.632. The number of benzene rings is 2. The molecule has 42 heavy (non-hydrogen) atoms. The molecule has 0 aliphatic heterocycles. The largest absolute Gasteiger partial charge is 0.461 e. The quantitative estimate of drug-likeness (QED) is 0.283. The maximum atomic E-state index is 14.0. The van der Waals surface area contributed by atoms with Crippen molar-refractivity contribution in [1.29, 1.82) is 0 Å². The molecule has 0 aromatic heterocycles. The van der Waals surface area contributed by atoms with E-state index in [-0.39, 0.29) is 28.8 Å². The Bertz CT molecular complexity index is 1230. The van der Waals surface area contributed by atoms with Gasteiger partial charge in [0.15, 0.2) is 0 Å². The van der Waals surface area contributed by atoms with E-state index in [9.17, 15) is 9.59 Å². The minimum Gasteiger partial charge on any atom is -0.461 e. The number of hydrogen-bond donors (Lipinski definition) is 0. The predicted molar refractivity (Wildman–Crippen MR) is 165 cm³/mol. The third-order valence-electron chi connectivity index (χ3n) is 12.6. The maximum absolute atomic E-state index is 14.0. The number of ether oxygens (including phenoxy) is 2. The van der Waals surface area contributed by atoms with E-state index in [0.717, 1.165) is 31.2 Å². The van der Waals surface area contributed by atoms with E-state index < -0.39 is 0 Å². The van der Waals surface area contributed by atoms with Gasteiger partial charge in [-0.2, -0.15) is 0 Å². The minimum atomic E-state index is -0.0983. The Labute approximate surface area is 253 Å². The molecule has 0 unspecified atom stereocenters. The smallest absolute Gasteiger partial charge is 0.306 e. The van der Waals surface area contributed by atoms with Crippen molar-refractivity contribution < 1.29 is 19.1 Å². The third kappa shape index (κ3) is 5.73. The molecule has 4 aliphatic rings. The highest BCUT2D eigenvalue weighted by Gasteiger charge is 2.63. The molecule has 4 saturated carbocycles. The maximum Gasteiger partial charge on any atom is 0.306 e. The Balaban J connectivity index is 1.05. The molecule has 2 aromatic carbocycles. The molecule has 6 rings (SSSR count). The van der Waals surface area contributed by atoms with Gasteiger partial charge in [-0.25, -0.2) is 0 Å². The second-order valence-corrected chi connectivity index (χ2v) is 14.7. The monoisotopic (exact) mass is 570 g/mol. The minimum absolute atomic E-state index is 0.0983. The van der Waals surface area contributed by atoms with Crippen molar-refractivity contribution in [1.82, 2.24) is 0 Å². The summed E-state index contributed by atoms with van der Waals surface area (Å²) in [7, 11) is 0. The Morgan fingerprint density at radius 2 is 1.50 bits per heavy atom. The molecule has 0 radical (unpaired) electrons. The molecule has 9 atom stereocenters. The zero-order valence-corrected chi connectivity index (χ0v) is 25.9. The van der Waals surface area contributed by atoms with Crippen molar-refractivity contribution in [2.75, 3.05) is 0 Å². The van der Waals surface area contributed by atoms with Gasteiger partial charge in [-0.3, -0.25) is 9.59 Å². The van der Waals surface area contributed by atoms with Crippen LogP contribution in [0.3, 0.4) is 0 Å². The summed E-state index contributed by atoms with van der Waals surface area (Å²) in [4.78, 5) is 26.5. The Hall–Kier alpha value is -2.46. The van der Waals surface area contributed by atoms with Gasteiger partial charge in [-0.1, -0.05) is 81.4 Å². The van der Waals surface area contributed by atoms with E-state index in [0.29, 0.717) is 55.0 Å². The van der Waals surface area contributed by atoms with Crippen LogP contribution in [0.4, 0.5) is 0 Å². The first-order chi connectivity index (χ1) is 20.3. The first-order valence-electron chi connectivity index (χ1n) is 16.7. The van der Waals surface area contributed by atoms with Crippen LogP contribution in [0.25, 0.3) is 0 Å². The molecule has 0 saturated heterocycles. The predicted octanol–water partition coefficient (Wildman–Crippen LogP) is 8.57. The second kappa shape index (κ2) is 12.3. The standard InChI is InChI=1S/C38H50O4/c1-26(14-17-35(40)42-25-28-12-8-5-9-13-28)31-15-16-32-36-33(19-21-38(31,32)3)37(2)20-18-30(22-29(37)23-34(36)39)41-24-27-10-6-4-7-11-27/h4-13,26,29-33,36H,14-25H2,1-3H3/t26-,29+,30-,31-,32+,33+,36+,37+,38-/m1/s1. The molecule has 0 N–H and O–H groups in total. The van der Waals surface area contributed by atoms with Crippen molar-refractivity contribution in [2.24, 2.45) is 46.3 Å². The van der Waals surface area contributed by atoms with Gasteiger partial charge in [-0.15, -0.1) is 0 Å². The third-order valence-corrected chi connectivity index (χ3v) is 12.6. The van der Waals surface area contributed by atoms with Crippen LogP contribution in [0.15, 0.2) is 60.7 Å². The molecular weight excluding hydrogens is 520 g/mol. The summed E-state index contributed by atoms with van der Waals surface area (Å²) < 4.78 is 12.0. The average Bonchev–Trinajstić information content (AvgIpc) is 3.36. The lowest BCUT2D eigenvalue weighted by atomic mass is 9.44. The van der Waals surface area contributed by atoms with Crippen LogP contribution in [-0.4, -0.2) is 17.9 Å². The van der Waals surface area contributed by atoms with Crippen molar-refractivity contribution in [3.63, 3.8) is 0 Å². The highest BCUT2D eigenvalue weighted by molar-refractivity contribution is 5.83. The van der Waals surface area contributed by atoms with E-state index in [2.05, 4.69) is 45.0 Å². The number of hydrogen-bond acceptors (Lipinski definition) is 4. The van der Waals surface area contributed by atoms with Gasteiger partial charge >= 0.3 is 5.97 Å². The number of rotatable bonds is 9. The van der Waals surface area contributed by atoms with Crippen LogP contribution in [0, 0.1) is 46.3 Å². The van der Waals surface area contributed by atoms with Gasteiger partial charge in [0.1, 0.15) is 12.4 Å². The summed E-state index contributed by atoms with van der Waals surface area (Å²) in [6, 6.07) is 20.4. The second-order valence-electron chi connectivity index (χ2n) is 14.7. The van der Waals surface area contributed by atoms with Crippen molar-refractivity contribution in [3.8, 4) is 0 Å². The number of Topliss-reactive ketones (excluding diaryl/α,β-unsaturated/α-hetero) is 1. The normalized spacial score (nSPS) is 36.4. The summed E-state index contributed by atoms with van der Waals surface area (Å²) in [5, 5.41) is 0. The molecule has 0 bridgehead atoms. The molecule has 4 nitrogen and oxygen atoms in total. The van der Waals surface area contributed by atoms with Gasteiger partial charge in [0.25, 0.3) is 0 Å². The molecule has 4 aliphatic carbocycles. The van der Waals surface area contributed by atoms with Gasteiger partial charge < -0.3 is 9.47 Å². The Morgan fingerprint density at radius 1 is 0.857 bits per heavy atom. The molecule has 0 spiro atoms. The van der Waals surface area contributed by atoms with E-state index in [1.165, 1.54) is 37.7 Å². The van der Waals surface area contributed by atoms with Crippen molar-refractivity contribution in [2.45, 2.75) is 104 Å². The first-order valence-corrected chi connectivity index (χ1v) is 16.7. The Morgan fingerprint density at radius 3 is 2.21 bits per heavy atom. The zero-order valence-electron chi connectivity index (χ0n) is 25.9. The number of ketones is 1. The van der Waals surface area contributed by atoms with E-state index in [4.69, 9.17) is 9.47 Å². The van der Waals surface area contributed by atoms with Gasteiger partial charge in [0.2, 0.25) is 0 Å². The highest BCUT2D eigenvalue weighted by atomic mass is 16.5. The fourth-order valence-electron chi connectivity index (χ4n) is 10.2. The van der Waals surface area contributed by atoms with E-state index in [1.54, 1.807) is 0 Å². The van der Waals surface area contributed by atoms with Crippen molar-refractivity contribution in [3.05, 3.63) is 71.8 Å². The summed E-state index contributed by atoms with van der Waals surface area (Å²) in [5.74, 6) is 3.15. The van der Waals surface area contributed by atoms with Crippen LogP contribution in [0.2, 0.25) is 0 Å². The van der Waals surface area contributed by atoms with Crippen molar-refractivity contribution >= 4 is 11.8 Å². The number of fused-ring (bicyclic) bond motifs is 5. The molecule has 0 amide bonds. The molecule has 2 aromatic rings. The lowest BCUT2D eigenvalue weighted by Gasteiger charge is -2.60. The first kappa shape index (κ1) is 29.6. The Kier molecular flexibility index (Phi) is 8.65. The lowest BCUT2D eigenvalue weighted by Crippen LogP contribution is -2.57. The van der Waals surface area contributed by atoms with Gasteiger partial charge in [0.05, 0.1) is 12.7 Å². The highest BCUT2D eigenvalue weighted by Crippen LogP contribution is 2.67. The van der Waals surface area contributed by atoms with Crippen LogP contribution in [-0.2, 0) is 32.3 Å². The number of carbonyl (C=O) groups is 2. The van der Waals surface area contributed by atoms with E-state index >= 15 is 0 Å². The van der Waals surface area contributed by atoms with Gasteiger partial charge in [0, 0.05) is 18.8 Å². The van der Waals surface area contributed by atoms with E-state index in [1.807, 2.05) is 36.4 Å². The molecule has 4 heteroatoms. The SMILES string of the molecule is C[C@H](CCC(=O)OCc1ccccc1)[C@H]1CC[C@H]2[C@@H]3C(=O)C[C@@H]4C[C@H](OCc5ccccc5)CC[C@]4(C)[C@H]3CC[C@]12C. The van der Waals surface area contributed by atoms with Gasteiger partial charge in [-0.05, 0) is 103 Å². The van der Waals surface area contributed by atoms with Crippen LogP contribution in [0.5, 0.6) is 0 Å². The molecule has 4 fully saturated rings. The molecule has 0 heterocycles. The zero-order chi connectivity index (χ0) is 29.3. The summed E-state index contributed by atoms with van der Waals surface area (Å²) in [5.41, 5.74) is 2.71. The molecule has 226 valence electrons. The fourth-order valence-corrected chi connectivity index (χ4v) is 10.2. The van der Waals surface area contributed by atoms with Crippen LogP contribution < -0.4 is 0 Å². The summed E-state index contributed by atoms with van der Waals surface area (Å²) in [6.45, 7) is 8.37. The summed E-state index contributed by atoms with van der Waals surface area (Å²) >= 11 is 0.